The summed E-state index contributed by atoms with van der Waals surface area (Å²) in [5.41, 5.74) is 4.09. The minimum absolute atomic E-state index is 0.247. The highest BCUT2D eigenvalue weighted by molar-refractivity contribution is 6.04. The monoisotopic (exact) mass is 362 g/mol. The second kappa shape index (κ2) is 8.31. The van der Waals surface area contributed by atoms with E-state index in [1.165, 1.54) is 12.4 Å². The second-order valence-electron chi connectivity index (χ2n) is 6.12. The van der Waals surface area contributed by atoms with E-state index < -0.39 is 0 Å². The van der Waals surface area contributed by atoms with Crippen molar-refractivity contribution in [2.75, 3.05) is 17.2 Å². The highest BCUT2D eigenvalue weighted by Crippen LogP contribution is 2.26. The zero-order chi connectivity index (χ0) is 19.2. The zero-order valence-corrected chi connectivity index (χ0v) is 15.6. The number of anilines is 3. The number of benzene rings is 2. The fourth-order valence-corrected chi connectivity index (χ4v) is 2.63. The van der Waals surface area contributed by atoms with Crippen LogP contribution >= 0.6 is 0 Å². The minimum Gasteiger partial charge on any atom is -0.492 e. The topological polar surface area (TPSA) is 76.1 Å². The van der Waals surface area contributed by atoms with Crippen molar-refractivity contribution in [1.82, 2.24) is 9.97 Å². The minimum atomic E-state index is -0.247. The van der Waals surface area contributed by atoms with Crippen molar-refractivity contribution in [3.63, 3.8) is 0 Å². The Kier molecular flexibility index (Phi) is 5.66. The average Bonchev–Trinajstić information content (AvgIpc) is 2.66. The van der Waals surface area contributed by atoms with E-state index in [0.717, 1.165) is 28.3 Å². The van der Waals surface area contributed by atoms with Crippen LogP contribution in [0.25, 0.3) is 0 Å². The Hall–Kier alpha value is -3.41. The van der Waals surface area contributed by atoms with Crippen LogP contribution in [0.3, 0.4) is 0 Å². The normalized spacial score (nSPS) is 10.3. The third-order valence-corrected chi connectivity index (χ3v) is 3.98. The molecule has 0 radical (unpaired) electrons. The van der Waals surface area contributed by atoms with Gasteiger partial charge in [-0.2, -0.15) is 0 Å². The molecule has 1 amide bonds. The van der Waals surface area contributed by atoms with Crippen LogP contribution in [-0.4, -0.2) is 22.5 Å². The maximum atomic E-state index is 12.4. The second-order valence-corrected chi connectivity index (χ2v) is 6.12. The summed E-state index contributed by atoms with van der Waals surface area (Å²) < 4.78 is 5.57. The largest absolute Gasteiger partial charge is 0.492 e. The van der Waals surface area contributed by atoms with Gasteiger partial charge < -0.3 is 15.4 Å². The van der Waals surface area contributed by atoms with Gasteiger partial charge in [0.05, 0.1) is 17.9 Å². The van der Waals surface area contributed by atoms with E-state index in [9.17, 15) is 4.79 Å². The molecule has 6 nitrogen and oxygen atoms in total. The maximum Gasteiger partial charge on any atom is 0.258 e. The molecule has 0 saturated heterocycles. The van der Waals surface area contributed by atoms with Gasteiger partial charge in [0.2, 0.25) is 5.95 Å². The number of hydrogen-bond donors (Lipinski definition) is 2. The molecule has 2 aromatic carbocycles. The summed E-state index contributed by atoms with van der Waals surface area (Å²) in [7, 11) is 0. The molecule has 3 rings (SSSR count). The van der Waals surface area contributed by atoms with E-state index in [1.807, 2.05) is 63.2 Å². The predicted octanol–water partition coefficient (Wildman–Crippen LogP) is 4.49. The summed E-state index contributed by atoms with van der Waals surface area (Å²) in [6.07, 6.45) is 3.00. The van der Waals surface area contributed by atoms with Gasteiger partial charge in [0.25, 0.3) is 5.91 Å². The number of hydrogen-bond acceptors (Lipinski definition) is 5. The first-order valence-corrected chi connectivity index (χ1v) is 8.76. The van der Waals surface area contributed by atoms with Crippen LogP contribution in [0.4, 0.5) is 17.3 Å². The Balaban J connectivity index is 1.71. The van der Waals surface area contributed by atoms with Crippen LogP contribution in [0.5, 0.6) is 5.75 Å². The molecule has 138 valence electrons. The van der Waals surface area contributed by atoms with Crippen molar-refractivity contribution in [3.8, 4) is 5.75 Å². The maximum absolute atomic E-state index is 12.4. The van der Waals surface area contributed by atoms with Gasteiger partial charge in [-0.1, -0.05) is 29.8 Å². The molecule has 0 aliphatic rings. The lowest BCUT2D eigenvalue weighted by molar-refractivity contribution is 0.102. The van der Waals surface area contributed by atoms with E-state index in [4.69, 9.17) is 4.74 Å². The van der Waals surface area contributed by atoms with E-state index >= 15 is 0 Å². The molecular weight excluding hydrogens is 340 g/mol. The number of para-hydroxylation sites is 2. The molecule has 2 N–H and O–H groups in total. The summed E-state index contributed by atoms with van der Waals surface area (Å²) in [6.45, 7) is 6.47. The quantitative estimate of drug-likeness (QED) is 0.676. The number of nitrogens with one attached hydrogen (secondary N) is 2. The van der Waals surface area contributed by atoms with E-state index in [-0.39, 0.29) is 5.91 Å². The lowest BCUT2D eigenvalue weighted by Crippen LogP contribution is -2.14. The van der Waals surface area contributed by atoms with Crippen LogP contribution in [0.1, 0.15) is 28.4 Å². The number of ether oxygens (including phenoxy) is 1. The number of carbonyl (C=O) groups excluding carboxylic acids is 1. The van der Waals surface area contributed by atoms with Gasteiger partial charge in [0, 0.05) is 18.1 Å². The third kappa shape index (κ3) is 4.61. The fraction of sp³-hybridized carbons (Fsp3) is 0.190. The Morgan fingerprint density at radius 2 is 1.78 bits per heavy atom. The van der Waals surface area contributed by atoms with Crippen molar-refractivity contribution in [1.29, 1.82) is 0 Å². The molecule has 1 heterocycles. The van der Waals surface area contributed by atoms with Crippen molar-refractivity contribution in [2.45, 2.75) is 20.8 Å². The predicted molar refractivity (Wildman–Crippen MR) is 107 cm³/mol. The Bertz CT molecular complexity index is 939. The molecule has 0 unspecified atom stereocenters. The Morgan fingerprint density at radius 3 is 2.48 bits per heavy atom. The van der Waals surface area contributed by atoms with E-state index in [2.05, 4.69) is 20.6 Å². The number of carbonyl (C=O) groups is 1. The SMILES string of the molecule is CCOc1ccccc1Nc1ncc(C(=O)Nc2ccc(C)cc2C)cn1. The van der Waals surface area contributed by atoms with Gasteiger partial charge in [0.15, 0.2) is 0 Å². The Morgan fingerprint density at radius 1 is 1.04 bits per heavy atom. The smallest absolute Gasteiger partial charge is 0.258 e. The molecule has 6 heteroatoms. The summed E-state index contributed by atoms with van der Waals surface area (Å²) >= 11 is 0. The molecular formula is C21H22N4O2. The first-order chi connectivity index (χ1) is 13.1. The van der Waals surface area contributed by atoms with E-state index in [1.54, 1.807) is 0 Å². The average molecular weight is 362 g/mol. The van der Waals surface area contributed by atoms with Crippen LogP contribution in [0, 0.1) is 13.8 Å². The van der Waals surface area contributed by atoms with Gasteiger partial charge in [0.1, 0.15) is 5.75 Å². The van der Waals surface area contributed by atoms with Crippen molar-refractivity contribution >= 4 is 23.2 Å². The molecule has 0 atom stereocenters. The van der Waals surface area contributed by atoms with Crippen molar-refractivity contribution < 1.29 is 9.53 Å². The van der Waals surface area contributed by atoms with Gasteiger partial charge in [-0.3, -0.25) is 4.79 Å². The van der Waals surface area contributed by atoms with Crippen molar-refractivity contribution in [3.05, 3.63) is 71.5 Å². The van der Waals surface area contributed by atoms with Crippen LogP contribution in [0.15, 0.2) is 54.9 Å². The van der Waals surface area contributed by atoms with Crippen LogP contribution in [0.2, 0.25) is 0 Å². The molecule has 0 aliphatic heterocycles. The highest BCUT2D eigenvalue weighted by Gasteiger charge is 2.10. The molecule has 0 spiro atoms. The number of amides is 1. The zero-order valence-electron chi connectivity index (χ0n) is 15.6. The lowest BCUT2D eigenvalue weighted by Gasteiger charge is -2.11. The van der Waals surface area contributed by atoms with Crippen molar-refractivity contribution in [2.24, 2.45) is 0 Å². The number of aromatic nitrogens is 2. The van der Waals surface area contributed by atoms with Crippen LogP contribution in [-0.2, 0) is 0 Å². The highest BCUT2D eigenvalue weighted by atomic mass is 16.5. The van der Waals surface area contributed by atoms with E-state index in [0.29, 0.717) is 18.1 Å². The molecule has 27 heavy (non-hydrogen) atoms. The molecule has 3 aromatic rings. The molecule has 0 fully saturated rings. The first kappa shape index (κ1) is 18.4. The number of aryl methyl sites for hydroxylation is 2. The van der Waals surface area contributed by atoms with Crippen LogP contribution < -0.4 is 15.4 Å². The standard InChI is InChI=1S/C21H22N4O2/c1-4-27-19-8-6-5-7-18(19)25-21-22-12-16(13-23-21)20(26)24-17-10-9-14(2)11-15(17)3/h5-13H,4H2,1-3H3,(H,24,26)(H,22,23,25). The van der Waals surface area contributed by atoms with Gasteiger partial charge >= 0.3 is 0 Å². The molecule has 0 aliphatic carbocycles. The molecule has 0 bridgehead atoms. The van der Waals surface area contributed by atoms with Gasteiger partial charge in [-0.05, 0) is 44.5 Å². The fourth-order valence-electron chi connectivity index (χ4n) is 2.63. The van der Waals surface area contributed by atoms with Gasteiger partial charge in [-0.25, -0.2) is 9.97 Å². The number of nitrogens with zero attached hydrogens (tertiary/aromatic N) is 2. The summed E-state index contributed by atoms with van der Waals surface area (Å²) in [6, 6.07) is 13.4. The first-order valence-electron chi connectivity index (χ1n) is 8.76. The third-order valence-electron chi connectivity index (χ3n) is 3.98. The summed E-state index contributed by atoms with van der Waals surface area (Å²) in [4.78, 5) is 20.9. The summed E-state index contributed by atoms with van der Waals surface area (Å²) in [5.74, 6) is 0.869. The van der Waals surface area contributed by atoms with Gasteiger partial charge in [-0.15, -0.1) is 0 Å². The lowest BCUT2D eigenvalue weighted by atomic mass is 10.1. The Labute approximate surface area is 158 Å². The summed E-state index contributed by atoms with van der Waals surface area (Å²) in [5, 5.41) is 6.00. The molecule has 0 saturated carbocycles. The number of rotatable bonds is 6. The molecule has 1 aromatic heterocycles.